The maximum Gasteiger partial charge on any atom is 0.220 e. The molecule has 0 spiro atoms. The van der Waals surface area contributed by atoms with Crippen molar-refractivity contribution in [3.8, 4) is 5.75 Å². The number of carbonyl (C=O) groups excluding carboxylic acids is 1. The first kappa shape index (κ1) is 16.5. The molecule has 0 fully saturated rings. The van der Waals surface area contributed by atoms with E-state index in [1.165, 1.54) is 0 Å². The van der Waals surface area contributed by atoms with Crippen LogP contribution in [-0.4, -0.2) is 24.0 Å². The molecule has 2 rings (SSSR count). The fourth-order valence-electron chi connectivity index (χ4n) is 1.94. The molecule has 0 aliphatic carbocycles. The third-order valence-electron chi connectivity index (χ3n) is 3.04. The number of hydrogen-bond donors (Lipinski definition) is 1. The van der Waals surface area contributed by atoms with Gasteiger partial charge in [-0.15, -0.1) is 0 Å². The molecule has 22 heavy (non-hydrogen) atoms. The molecule has 0 aliphatic heterocycles. The molecular formula is C17H19BrN2O2. The largest absolute Gasteiger partial charge is 0.494 e. The van der Waals surface area contributed by atoms with Gasteiger partial charge >= 0.3 is 0 Å². The van der Waals surface area contributed by atoms with Crippen LogP contribution in [0, 0.1) is 0 Å². The fraction of sp³-hybridized carbons (Fsp3) is 0.294. The minimum absolute atomic E-state index is 0.0498. The van der Waals surface area contributed by atoms with E-state index < -0.39 is 0 Å². The van der Waals surface area contributed by atoms with Crippen molar-refractivity contribution in [3.05, 3.63) is 58.8 Å². The van der Waals surface area contributed by atoms with E-state index in [2.05, 4.69) is 26.2 Å². The van der Waals surface area contributed by atoms with Crippen LogP contribution in [-0.2, 0) is 11.2 Å². The van der Waals surface area contributed by atoms with E-state index in [1.807, 2.05) is 42.5 Å². The average molecular weight is 363 g/mol. The lowest BCUT2D eigenvalue weighted by molar-refractivity contribution is -0.121. The zero-order chi connectivity index (χ0) is 15.6. The number of amides is 1. The van der Waals surface area contributed by atoms with Gasteiger partial charge in [0.1, 0.15) is 5.75 Å². The predicted octanol–water partition coefficient (Wildman–Crippen LogP) is 3.36. The molecule has 1 heterocycles. The number of benzene rings is 1. The van der Waals surface area contributed by atoms with Crippen LogP contribution in [0.4, 0.5) is 0 Å². The minimum Gasteiger partial charge on any atom is -0.494 e. The SMILES string of the molecule is O=C(CCCOc1cccc(Br)c1)NCCc1ccccn1. The van der Waals surface area contributed by atoms with Gasteiger partial charge in [-0.2, -0.15) is 0 Å². The quantitative estimate of drug-likeness (QED) is 0.732. The van der Waals surface area contributed by atoms with Crippen LogP contribution < -0.4 is 10.1 Å². The zero-order valence-corrected chi connectivity index (χ0v) is 13.9. The summed E-state index contributed by atoms with van der Waals surface area (Å²) < 4.78 is 6.57. The Morgan fingerprint density at radius 3 is 2.91 bits per heavy atom. The van der Waals surface area contributed by atoms with E-state index in [4.69, 9.17) is 4.74 Å². The van der Waals surface area contributed by atoms with Crippen LogP contribution in [0.15, 0.2) is 53.1 Å². The van der Waals surface area contributed by atoms with Crippen LogP contribution in [0.1, 0.15) is 18.5 Å². The smallest absolute Gasteiger partial charge is 0.220 e. The molecular weight excluding hydrogens is 344 g/mol. The third-order valence-corrected chi connectivity index (χ3v) is 3.54. The first-order valence-electron chi connectivity index (χ1n) is 7.29. The second-order valence-electron chi connectivity index (χ2n) is 4.83. The lowest BCUT2D eigenvalue weighted by Gasteiger charge is -2.07. The summed E-state index contributed by atoms with van der Waals surface area (Å²) in [6, 6.07) is 13.5. The van der Waals surface area contributed by atoms with E-state index in [1.54, 1.807) is 6.20 Å². The number of hydrogen-bond acceptors (Lipinski definition) is 3. The van der Waals surface area contributed by atoms with Gasteiger partial charge in [0, 0.05) is 35.7 Å². The predicted molar refractivity (Wildman–Crippen MR) is 89.8 cm³/mol. The van der Waals surface area contributed by atoms with Gasteiger partial charge < -0.3 is 10.1 Å². The molecule has 4 nitrogen and oxygen atoms in total. The summed E-state index contributed by atoms with van der Waals surface area (Å²) in [6.45, 7) is 1.15. The number of rotatable bonds is 8. The third kappa shape index (κ3) is 6.26. The second kappa shape index (κ2) is 9.20. The van der Waals surface area contributed by atoms with E-state index in [-0.39, 0.29) is 5.91 Å². The van der Waals surface area contributed by atoms with E-state index in [0.29, 0.717) is 26.0 Å². The summed E-state index contributed by atoms with van der Waals surface area (Å²) in [5.74, 6) is 0.860. The number of ether oxygens (including phenoxy) is 1. The van der Waals surface area contributed by atoms with Crippen LogP contribution in [0.3, 0.4) is 0 Å². The van der Waals surface area contributed by atoms with Crippen molar-refractivity contribution >= 4 is 21.8 Å². The monoisotopic (exact) mass is 362 g/mol. The highest BCUT2D eigenvalue weighted by Gasteiger charge is 2.02. The Bertz CT molecular complexity index is 590. The number of aromatic nitrogens is 1. The van der Waals surface area contributed by atoms with Crippen molar-refractivity contribution in [1.82, 2.24) is 10.3 Å². The Kier molecular flexibility index (Phi) is 6.90. The van der Waals surface area contributed by atoms with Crippen molar-refractivity contribution in [3.63, 3.8) is 0 Å². The molecule has 0 aliphatic rings. The summed E-state index contributed by atoms with van der Waals surface area (Å²) in [5, 5.41) is 2.90. The van der Waals surface area contributed by atoms with Crippen LogP contribution in [0.2, 0.25) is 0 Å². The molecule has 1 aromatic carbocycles. The molecule has 1 amide bonds. The van der Waals surface area contributed by atoms with E-state index in [0.717, 1.165) is 22.3 Å². The highest BCUT2D eigenvalue weighted by atomic mass is 79.9. The minimum atomic E-state index is 0.0498. The van der Waals surface area contributed by atoms with Crippen LogP contribution in [0.5, 0.6) is 5.75 Å². The van der Waals surface area contributed by atoms with Crippen molar-refractivity contribution in [2.75, 3.05) is 13.2 Å². The number of carbonyl (C=O) groups is 1. The normalized spacial score (nSPS) is 10.2. The highest BCUT2D eigenvalue weighted by Crippen LogP contribution is 2.17. The molecule has 0 bridgehead atoms. The Hall–Kier alpha value is -1.88. The molecule has 2 aromatic rings. The first-order chi connectivity index (χ1) is 10.7. The van der Waals surface area contributed by atoms with Gasteiger partial charge in [-0.05, 0) is 36.8 Å². The van der Waals surface area contributed by atoms with Gasteiger partial charge in [-0.25, -0.2) is 0 Å². The molecule has 0 unspecified atom stereocenters. The summed E-state index contributed by atoms with van der Waals surface area (Å²) in [5.41, 5.74) is 0.987. The lowest BCUT2D eigenvalue weighted by atomic mass is 10.2. The highest BCUT2D eigenvalue weighted by molar-refractivity contribution is 9.10. The topological polar surface area (TPSA) is 51.2 Å². The lowest BCUT2D eigenvalue weighted by Crippen LogP contribution is -2.26. The Morgan fingerprint density at radius 2 is 2.14 bits per heavy atom. The molecule has 5 heteroatoms. The van der Waals surface area contributed by atoms with Crippen LogP contribution in [0.25, 0.3) is 0 Å². The zero-order valence-electron chi connectivity index (χ0n) is 12.3. The van der Waals surface area contributed by atoms with Crippen molar-refractivity contribution < 1.29 is 9.53 Å². The average Bonchev–Trinajstić information content (AvgIpc) is 2.53. The van der Waals surface area contributed by atoms with Crippen molar-refractivity contribution in [2.24, 2.45) is 0 Å². The summed E-state index contributed by atoms with van der Waals surface area (Å²) in [4.78, 5) is 15.9. The van der Waals surface area contributed by atoms with Gasteiger partial charge in [0.25, 0.3) is 0 Å². The van der Waals surface area contributed by atoms with Gasteiger partial charge in [0.15, 0.2) is 0 Å². The standard InChI is InChI=1S/C17H19BrN2O2/c18-14-5-3-7-16(13-14)22-12-4-8-17(21)20-11-9-15-6-1-2-10-19-15/h1-3,5-7,10,13H,4,8-9,11-12H2,(H,20,21). The summed E-state index contributed by atoms with van der Waals surface area (Å²) >= 11 is 3.39. The Balaban J connectivity index is 1.56. The van der Waals surface area contributed by atoms with E-state index in [9.17, 15) is 4.79 Å². The van der Waals surface area contributed by atoms with Gasteiger partial charge in [0.05, 0.1) is 6.61 Å². The Labute approximate surface area is 139 Å². The maximum atomic E-state index is 11.7. The molecule has 0 saturated heterocycles. The van der Waals surface area contributed by atoms with Crippen molar-refractivity contribution in [2.45, 2.75) is 19.3 Å². The second-order valence-corrected chi connectivity index (χ2v) is 5.75. The number of nitrogens with zero attached hydrogens (tertiary/aromatic N) is 1. The molecule has 0 radical (unpaired) electrons. The summed E-state index contributed by atoms with van der Waals surface area (Å²) in [7, 11) is 0. The molecule has 1 N–H and O–H groups in total. The molecule has 0 saturated carbocycles. The molecule has 1 aromatic heterocycles. The fourth-order valence-corrected chi connectivity index (χ4v) is 2.32. The van der Waals surface area contributed by atoms with Gasteiger partial charge in [-0.1, -0.05) is 28.1 Å². The van der Waals surface area contributed by atoms with Gasteiger partial charge in [-0.3, -0.25) is 9.78 Å². The number of nitrogens with one attached hydrogen (secondary N) is 1. The van der Waals surface area contributed by atoms with Crippen LogP contribution >= 0.6 is 15.9 Å². The maximum absolute atomic E-state index is 11.7. The van der Waals surface area contributed by atoms with E-state index >= 15 is 0 Å². The molecule has 116 valence electrons. The van der Waals surface area contributed by atoms with Crippen molar-refractivity contribution in [1.29, 1.82) is 0 Å². The molecule has 0 atom stereocenters. The number of pyridine rings is 1. The first-order valence-corrected chi connectivity index (χ1v) is 8.08. The number of halogens is 1. The Morgan fingerprint density at radius 1 is 1.23 bits per heavy atom. The van der Waals surface area contributed by atoms with Gasteiger partial charge in [0.2, 0.25) is 5.91 Å². The summed E-state index contributed by atoms with van der Waals surface area (Å²) in [6.07, 6.45) is 3.68.